The highest BCUT2D eigenvalue weighted by atomic mass is 32.2. The van der Waals surface area contributed by atoms with Crippen molar-refractivity contribution in [3.63, 3.8) is 0 Å². The Morgan fingerprint density at radius 1 is 1.25 bits per heavy atom. The van der Waals surface area contributed by atoms with E-state index >= 15 is 0 Å². The summed E-state index contributed by atoms with van der Waals surface area (Å²) in [6, 6.07) is 0. The molecule has 1 saturated heterocycles. The van der Waals surface area contributed by atoms with E-state index in [-0.39, 0.29) is 5.25 Å². The predicted molar refractivity (Wildman–Crippen MR) is 79.4 cm³/mol. The number of anilines is 2. The molecule has 1 aromatic rings. The maximum Gasteiger partial charge on any atom is 0.231 e. The molecule has 2 rings (SSSR count). The van der Waals surface area contributed by atoms with Gasteiger partial charge >= 0.3 is 0 Å². The largest absolute Gasteiger partial charge is 0.392 e. The third kappa shape index (κ3) is 3.94. The first-order valence-corrected chi connectivity index (χ1v) is 7.59. The first-order chi connectivity index (χ1) is 9.60. The minimum Gasteiger partial charge on any atom is -0.392 e. The number of morpholine rings is 1. The molecule has 0 radical (unpaired) electrons. The van der Waals surface area contributed by atoms with Gasteiger partial charge in [0.1, 0.15) is 0 Å². The molecule has 2 heterocycles. The van der Waals surface area contributed by atoms with E-state index in [0.29, 0.717) is 30.3 Å². The monoisotopic (exact) mass is 299 g/mol. The summed E-state index contributed by atoms with van der Waals surface area (Å²) in [5.41, 5.74) is 0. The second-order valence-electron chi connectivity index (χ2n) is 4.65. The van der Waals surface area contributed by atoms with E-state index in [0.717, 1.165) is 13.1 Å². The number of thioether (sulfide) groups is 1. The van der Waals surface area contributed by atoms with Crippen molar-refractivity contribution in [2.75, 3.05) is 43.6 Å². The molecule has 0 aromatic carbocycles. The van der Waals surface area contributed by atoms with Crippen molar-refractivity contribution in [2.24, 2.45) is 0 Å². The van der Waals surface area contributed by atoms with Crippen molar-refractivity contribution >= 4 is 23.7 Å². The predicted octanol–water partition coefficient (Wildman–Crippen LogP) is 0.611. The van der Waals surface area contributed by atoms with Gasteiger partial charge in [0, 0.05) is 25.4 Å². The fourth-order valence-electron chi connectivity index (χ4n) is 1.68. The lowest BCUT2D eigenvalue weighted by molar-refractivity contribution is 0.122. The molecule has 0 aliphatic carbocycles. The molecule has 2 atom stereocenters. The number of nitrogens with zero attached hydrogens (tertiary/aromatic N) is 4. The van der Waals surface area contributed by atoms with Gasteiger partial charge in [-0.1, -0.05) is 18.7 Å². The third-order valence-corrected chi connectivity index (χ3v) is 4.25. The third-order valence-electron chi connectivity index (χ3n) is 3.09. The van der Waals surface area contributed by atoms with Crippen LogP contribution in [0.3, 0.4) is 0 Å². The van der Waals surface area contributed by atoms with Gasteiger partial charge in [0.2, 0.25) is 11.9 Å². The van der Waals surface area contributed by atoms with Crippen LogP contribution in [0.1, 0.15) is 13.8 Å². The number of aliphatic hydroxyl groups is 1. The Morgan fingerprint density at radius 3 is 2.55 bits per heavy atom. The SMILES string of the molecule is CNc1nc(SC(C)C(C)O)nc(N2CCOCC2)n1. The summed E-state index contributed by atoms with van der Waals surface area (Å²) in [5.74, 6) is 1.20. The van der Waals surface area contributed by atoms with Crippen LogP contribution in [0.5, 0.6) is 0 Å². The van der Waals surface area contributed by atoms with Crippen LogP contribution in [0, 0.1) is 0 Å². The molecule has 0 saturated carbocycles. The highest BCUT2D eigenvalue weighted by Gasteiger charge is 2.18. The van der Waals surface area contributed by atoms with Gasteiger partial charge in [-0.25, -0.2) is 0 Å². The summed E-state index contributed by atoms with van der Waals surface area (Å²) < 4.78 is 5.34. The minimum atomic E-state index is -0.415. The smallest absolute Gasteiger partial charge is 0.231 e. The molecular formula is C12H21N5O2S. The van der Waals surface area contributed by atoms with E-state index in [1.807, 2.05) is 6.92 Å². The molecule has 0 bridgehead atoms. The Morgan fingerprint density at radius 2 is 1.95 bits per heavy atom. The quantitative estimate of drug-likeness (QED) is 0.765. The average molecular weight is 299 g/mol. The van der Waals surface area contributed by atoms with Gasteiger partial charge in [-0.15, -0.1) is 0 Å². The molecular weight excluding hydrogens is 278 g/mol. The molecule has 0 spiro atoms. The normalized spacial score (nSPS) is 18.7. The molecule has 1 aromatic heterocycles. The van der Waals surface area contributed by atoms with Crippen molar-refractivity contribution in [3.05, 3.63) is 0 Å². The number of hydrogen-bond acceptors (Lipinski definition) is 8. The maximum absolute atomic E-state index is 9.59. The average Bonchev–Trinajstić information content (AvgIpc) is 2.47. The van der Waals surface area contributed by atoms with Crippen LogP contribution in [0.4, 0.5) is 11.9 Å². The van der Waals surface area contributed by atoms with Crippen LogP contribution in [0.2, 0.25) is 0 Å². The Kier molecular flexibility index (Phi) is 5.38. The Balaban J connectivity index is 2.19. The van der Waals surface area contributed by atoms with Gasteiger partial charge < -0.3 is 20.1 Å². The van der Waals surface area contributed by atoms with Crippen molar-refractivity contribution in [3.8, 4) is 0 Å². The van der Waals surface area contributed by atoms with Crippen LogP contribution >= 0.6 is 11.8 Å². The van der Waals surface area contributed by atoms with Crippen molar-refractivity contribution < 1.29 is 9.84 Å². The fourth-order valence-corrected chi connectivity index (χ4v) is 2.48. The highest BCUT2D eigenvalue weighted by molar-refractivity contribution is 7.99. The van der Waals surface area contributed by atoms with Gasteiger partial charge in [0.25, 0.3) is 0 Å². The van der Waals surface area contributed by atoms with E-state index in [4.69, 9.17) is 4.74 Å². The molecule has 8 heteroatoms. The minimum absolute atomic E-state index is 0.0274. The lowest BCUT2D eigenvalue weighted by Gasteiger charge is -2.27. The van der Waals surface area contributed by atoms with Crippen LogP contribution in [-0.4, -0.2) is 64.8 Å². The molecule has 2 N–H and O–H groups in total. The van der Waals surface area contributed by atoms with Crippen LogP contribution in [0.15, 0.2) is 5.16 Å². The maximum atomic E-state index is 9.59. The summed E-state index contributed by atoms with van der Waals surface area (Å²) in [5, 5.41) is 13.2. The second kappa shape index (κ2) is 7.05. The van der Waals surface area contributed by atoms with Gasteiger partial charge in [-0.2, -0.15) is 15.0 Å². The van der Waals surface area contributed by atoms with E-state index < -0.39 is 6.10 Å². The van der Waals surface area contributed by atoms with E-state index in [1.165, 1.54) is 11.8 Å². The number of aromatic nitrogens is 3. The number of rotatable bonds is 5. The summed E-state index contributed by atoms with van der Waals surface area (Å²) in [4.78, 5) is 15.3. The zero-order chi connectivity index (χ0) is 14.5. The van der Waals surface area contributed by atoms with Gasteiger partial charge in [0.05, 0.1) is 19.3 Å². The highest BCUT2D eigenvalue weighted by Crippen LogP contribution is 2.24. The number of aliphatic hydroxyl groups excluding tert-OH is 1. The van der Waals surface area contributed by atoms with Gasteiger partial charge in [-0.3, -0.25) is 0 Å². The second-order valence-corrected chi connectivity index (χ2v) is 6.00. The van der Waals surface area contributed by atoms with Gasteiger partial charge in [0.15, 0.2) is 5.16 Å². The zero-order valence-electron chi connectivity index (χ0n) is 12.0. The zero-order valence-corrected chi connectivity index (χ0v) is 12.9. The van der Waals surface area contributed by atoms with Crippen LogP contribution in [0.25, 0.3) is 0 Å². The lowest BCUT2D eigenvalue weighted by Crippen LogP contribution is -2.37. The topological polar surface area (TPSA) is 83.4 Å². The number of hydrogen-bond donors (Lipinski definition) is 2. The van der Waals surface area contributed by atoms with E-state index in [2.05, 4.69) is 25.2 Å². The molecule has 20 heavy (non-hydrogen) atoms. The molecule has 0 amide bonds. The first-order valence-electron chi connectivity index (χ1n) is 6.71. The Hall–Kier alpha value is -1.12. The van der Waals surface area contributed by atoms with Crippen molar-refractivity contribution in [1.82, 2.24) is 15.0 Å². The van der Waals surface area contributed by atoms with Crippen molar-refractivity contribution in [2.45, 2.75) is 30.4 Å². The summed E-state index contributed by atoms with van der Waals surface area (Å²) in [6.07, 6.45) is -0.415. The van der Waals surface area contributed by atoms with E-state index in [1.54, 1.807) is 14.0 Å². The first kappa shape index (κ1) is 15.3. The number of ether oxygens (including phenoxy) is 1. The molecule has 112 valence electrons. The molecule has 2 unspecified atom stereocenters. The van der Waals surface area contributed by atoms with E-state index in [9.17, 15) is 5.11 Å². The molecule has 7 nitrogen and oxygen atoms in total. The van der Waals surface area contributed by atoms with Crippen molar-refractivity contribution in [1.29, 1.82) is 0 Å². The Bertz CT molecular complexity index is 440. The summed E-state index contributed by atoms with van der Waals surface area (Å²) in [6.45, 7) is 6.65. The molecule has 1 aliphatic rings. The summed E-state index contributed by atoms with van der Waals surface area (Å²) in [7, 11) is 1.78. The standard InChI is InChI=1S/C12H21N5O2S/c1-8(18)9(2)20-12-15-10(13-3)14-11(16-12)17-4-6-19-7-5-17/h8-9,18H,4-7H2,1-3H3,(H,13,14,15,16). The lowest BCUT2D eigenvalue weighted by atomic mass is 10.3. The fraction of sp³-hybridized carbons (Fsp3) is 0.750. The van der Waals surface area contributed by atoms with Gasteiger partial charge in [-0.05, 0) is 6.92 Å². The molecule has 1 aliphatic heterocycles. The molecule has 1 fully saturated rings. The number of nitrogens with one attached hydrogen (secondary N) is 1. The van der Waals surface area contributed by atoms with Crippen LogP contribution < -0.4 is 10.2 Å². The Labute approximate surface area is 123 Å². The summed E-state index contributed by atoms with van der Waals surface area (Å²) >= 11 is 1.45. The van der Waals surface area contributed by atoms with Crippen LogP contribution in [-0.2, 0) is 4.74 Å².